The van der Waals surface area contributed by atoms with Gasteiger partial charge in [0.1, 0.15) is 0 Å². The summed E-state index contributed by atoms with van der Waals surface area (Å²) in [6, 6.07) is 0. The monoisotopic (exact) mass is 227 g/mol. The van der Waals surface area contributed by atoms with Gasteiger partial charge in [-0.1, -0.05) is 34.1 Å². The zero-order valence-corrected chi connectivity index (χ0v) is 11.0. The van der Waals surface area contributed by atoms with E-state index in [2.05, 4.69) is 6.92 Å². The van der Waals surface area contributed by atoms with Gasteiger partial charge >= 0.3 is 0 Å². The lowest BCUT2D eigenvalue weighted by molar-refractivity contribution is -0.129. The SMILES string of the molecule is CCCC1CC(=O)N(CC(O)C(C)(C)C)C1. The first-order chi connectivity index (χ1) is 7.34. The van der Waals surface area contributed by atoms with E-state index in [1.807, 2.05) is 25.7 Å². The molecule has 0 aliphatic carbocycles. The van der Waals surface area contributed by atoms with Crippen molar-refractivity contribution in [1.29, 1.82) is 0 Å². The number of likely N-dealkylation sites (tertiary alicyclic amines) is 1. The van der Waals surface area contributed by atoms with Gasteiger partial charge in [-0.3, -0.25) is 4.79 Å². The minimum absolute atomic E-state index is 0.150. The third-order valence-corrected chi connectivity index (χ3v) is 3.38. The molecule has 1 heterocycles. The van der Waals surface area contributed by atoms with Crippen LogP contribution in [0.1, 0.15) is 47.0 Å². The quantitative estimate of drug-likeness (QED) is 0.798. The van der Waals surface area contributed by atoms with Gasteiger partial charge < -0.3 is 10.0 Å². The van der Waals surface area contributed by atoms with Gasteiger partial charge in [0.05, 0.1) is 6.10 Å². The summed E-state index contributed by atoms with van der Waals surface area (Å²) < 4.78 is 0. The molecule has 16 heavy (non-hydrogen) atoms. The Bertz CT molecular complexity index is 245. The largest absolute Gasteiger partial charge is 0.391 e. The molecule has 0 saturated carbocycles. The Morgan fingerprint density at radius 1 is 1.50 bits per heavy atom. The predicted molar refractivity (Wildman–Crippen MR) is 65.1 cm³/mol. The van der Waals surface area contributed by atoms with Gasteiger partial charge in [-0.25, -0.2) is 0 Å². The van der Waals surface area contributed by atoms with Gasteiger partial charge in [-0.15, -0.1) is 0 Å². The third kappa shape index (κ3) is 3.48. The zero-order chi connectivity index (χ0) is 12.3. The smallest absolute Gasteiger partial charge is 0.223 e. The Morgan fingerprint density at radius 3 is 2.62 bits per heavy atom. The number of aliphatic hydroxyl groups excluding tert-OH is 1. The molecule has 2 unspecified atom stereocenters. The molecule has 1 N–H and O–H groups in total. The van der Waals surface area contributed by atoms with Crippen molar-refractivity contribution in [3.05, 3.63) is 0 Å². The van der Waals surface area contributed by atoms with Gasteiger partial charge in [0.15, 0.2) is 0 Å². The lowest BCUT2D eigenvalue weighted by Gasteiger charge is -2.29. The molecule has 1 rings (SSSR count). The zero-order valence-electron chi connectivity index (χ0n) is 11.0. The van der Waals surface area contributed by atoms with Crippen LogP contribution in [0, 0.1) is 11.3 Å². The number of carbonyl (C=O) groups is 1. The fourth-order valence-corrected chi connectivity index (χ4v) is 2.11. The normalized spacial score (nSPS) is 23.9. The molecule has 3 nitrogen and oxygen atoms in total. The lowest BCUT2D eigenvalue weighted by Crippen LogP contribution is -2.40. The van der Waals surface area contributed by atoms with Crippen molar-refractivity contribution >= 4 is 5.91 Å². The summed E-state index contributed by atoms with van der Waals surface area (Å²) in [6.45, 7) is 9.48. The number of aliphatic hydroxyl groups is 1. The molecule has 0 aromatic rings. The van der Waals surface area contributed by atoms with Crippen LogP contribution in [-0.4, -0.2) is 35.1 Å². The van der Waals surface area contributed by atoms with Crippen LogP contribution in [0.5, 0.6) is 0 Å². The van der Waals surface area contributed by atoms with E-state index in [4.69, 9.17) is 0 Å². The van der Waals surface area contributed by atoms with E-state index in [9.17, 15) is 9.90 Å². The topological polar surface area (TPSA) is 40.5 Å². The Labute approximate surface area is 98.8 Å². The second-order valence-corrected chi connectivity index (χ2v) is 6.04. The van der Waals surface area contributed by atoms with Gasteiger partial charge in [0.2, 0.25) is 5.91 Å². The molecular weight excluding hydrogens is 202 g/mol. The van der Waals surface area contributed by atoms with Crippen LogP contribution in [0.4, 0.5) is 0 Å². The van der Waals surface area contributed by atoms with E-state index in [0.717, 1.165) is 19.4 Å². The summed E-state index contributed by atoms with van der Waals surface area (Å²) in [4.78, 5) is 13.6. The molecule has 1 amide bonds. The standard InChI is InChI=1S/C13H25NO2/c1-5-6-10-7-12(16)14(8-10)9-11(15)13(2,3)4/h10-11,15H,5-9H2,1-4H3. The highest BCUT2D eigenvalue weighted by Crippen LogP contribution is 2.25. The van der Waals surface area contributed by atoms with Crippen LogP contribution in [0.2, 0.25) is 0 Å². The highest BCUT2D eigenvalue weighted by molar-refractivity contribution is 5.78. The van der Waals surface area contributed by atoms with E-state index in [0.29, 0.717) is 18.9 Å². The van der Waals surface area contributed by atoms with Crippen LogP contribution >= 0.6 is 0 Å². The van der Waals surface area contributed by atoms with E-state index in [-0.39, 0.29) is 11.3 Å². The highest BCUT2D eigenvalue weighted by atomic mass is 16.3. The van der Waals surface area contributed by atoms with Crippen molar-refractivity contribution in [2.24, 2.45) is 11.3 Å². The number of amides is 1. The Balaban J connectivity index is 2.47. The van der Waals surface area contributed by atoms with Crippen molar-refractivity contribution in [1.82, 2.24) is 4.90 Å². The summed E-state index contributed by atoms with van der Waals surface area (Å²) >= 11 is 0. The summed E-state index contributed by atoms with van der Waals surface area (Å²) in [5.41, 5.74) is -0.150. The second-order valence-electron chi connectivity index (χ2n) is 6.04. The van der Waals surface area contributed by atoms with E-state index in [1.165, 1.54) is 0 Å². The summed E-state index contributed by atoms with van der Waals surface area (Å²) in [7, 11) is 0. The first-order valence-electron chi connectivity index (χ1n) is 6.30. The lowest BCUT2D eigenvalue weighted by atomic mass is 9.89. The molecule has 3 heteroatoms. The molecule has 2 atom stereocenters. The molecule has 0 aromatic carbocycles. The van der Waals surface area contributed by atoms with Crippen LogP contribution in [0.25, 0.3) is 0 Å². The van der Waals surface area contributed by atoms with Crippen molar-refractivity contribution in [2.75, 3.05) is 13.1 Å². The van der Waals surface area contributed by atoms with Gasteiger partial charge in [0.25, 0.3) is 0 Å². The minimum Gasteiger partial charge on any atom is -0.391 e. The van der Waals surface area contributed by atoms with Crippen molar-refractivity contribution in [3.63, 3.8) is 0 Å². The molecule has 0 radical (unpaired) electrons. The minimum atomic E-state index is -0.433. The summed E-state index contributed by atoms with van der Waals surface area (Å²) in [5.74, 6) is 0.714. The Kier molecular flexibility index (Phi) is 4.36. The van der Waals surface area contributed by atoms with E-state index >= 15 is 0 Å². The molecule has 0 aromatic heterocycles. The Morgan fingerprint density at radius 2 is 2.12 bits per heavy atom. The van der Waals surface area contributed by atoms with Gasteiger partial charge in [0, 0.05) is 19.5 Å². The van der Waals surface area contributed by atoms with E-state index in [1.54, 1.807) is 0 Å². The molecular formula is C13H25NO2. The van der Waals surface area contributed by atoms with Crippen molar-refractivity contribution in [2.45, 2.75) is 53.1 Å². The number of carbonyl (C=O) groups excluding carboxylic acids is 1. The average Bonchev–Trinajstić information content (AvgIpc) is 2.46. The third-order valence-electron chi connectivity index (χ3n) is 3.38. The number of β-amino-alcohol motifs (C(OH)–C–C–N with tert-alkyl or cyclic N) is 1. The molecule has 0 bridgehead atoms. The number of rotatable bonds is 4. The first kappa shape index (κ1) is 13.5. The summed E-state index contributed by atoms with van der Waals surface area (Å²) in [6.07, 6.45) is 2.49. The number of hydrogen-bond acceptors (Lipinski definition) is 2. The number of hydrogen-bond donors (Lipinski definition) is 1. The van der Waals surface area contributed by atoms with Crippen molar-refractivity contribution in [3.8, 4) is 0 Å². The molecule has 1 aliphatic heterocycles. The maximum Gasteiger partial charge on any atom is 0.223 e. The van der Waals surface area contributed by atoms with Crippen LogP contribution in [0.15, 0.2) is 0 Å². The fraction of sp³-hybridized carbons (Fsp3) is 0.923. The van der Waals surface area contributed by atoms with Gasteiger partial charge in [-0.2, -0.15) is 0 Å². The molecule has 0 spiro atoms. The molecule has 1 aliphatic rings. The molecule has 94 valence electrons. The second kappa shape index (κ2) is 5.17. The molecule has 1 fully saturated rings. The number of nitrogens with zero attached hydrogens (tertiary/aromatic N) is 1. The van der Waals surface area contributed by atoms with Crippen LogP contribution < -0.4 is 0 Å². The van der Waals surface area contributed by atoms with Gasteiger partial charge in [-0.05, 0) is 17.8 Å². The maximum atomic E-state index is 11.7. The summed E-state index contributed by atoms with van der Waals surface area (Å²) in [5, 5.41) is 9.99. The van der Waals surface area contributed by atoms with Crippen LogP contribution in [-0.2, 0) is 4.79 Å². The first-order valence-corrected chi connectivity index (χ1v) is 6.30. The highest BCUT2D eigenvalue weighted by Gasteiger charge is 2.32. The predicted octanol–water partition coefficient (Wildman–Crippen LogP) is 2.04. The Hall–Kier alpha value is -0.570. The fourth-order valence-electron chi connectivity index (χ4n) is 2.11. The van der Waals surface area contributed by atoms with E-state index < -0.39 is 6.10 Å². The maximum absolute atomic E-state index is 11.7. The molecule has 1 saturated heterocycles. The van der Waals surface area contributed by atoms with Crippen molar-refractivity contribution < 1.29 is 9.90 Å². The average molecular weight is 227 g/mol. The van der Waals surface area contributed by atoms with Crippen LogP contribution in [0.3, 0.4) is 0 Å².